The van der Waals surface area contributed by atoms with Crippen LogP contribution in [0.1, 0.15) is 25.0 Å². The van der Waals surface area contributed by atoms with E-state index in [0.717, 1.165) is 4.90 Å². The molecule has 0 radical (unpaired) electrons. The van der Waals surface area contributed by atoms with Crippen molar-refractivity contribution in [2.45, 2.75) is 13.8 Å². The Morgan fingerprint density at radius 2 is 1.23 bits per heavy atom. The normalized spacial score (nSPS) is 15.9. The Hall–Kier alpha value is -1.63. The minimum absolute atomic E-state index is 0.151. The minimum atomic E-state index is -0.474. The van der Waals surface area contributed by atoms with E-state index < -0.39 is 11.9 Å². The van der Waals surface area contributed by atoms with Crippen LogP contribution in [0.25, 0.3) is 16.7 Å². The molecule has 4 rings (SSSR count). The Morgan fingerprint density at radius 3 is 1.67 bits per heavy atom. The molecule has 1 fully saturated rings. The topological polar surface area (TPSA) is 40.6 Å². The zero-order chi connectivity index (χ0) is 21.9. The molecular formula is C21H14Cl4N2O2S. The fourth-order valence-corrected chi connectivity index (χ4v) is 5.49. The first-order valence-electron chi connectivity index (χ1n) is 9.12. The van der Waals surface area contributed by atoms with E-state index in [1.807, 2.05) is 0 Å². The first-order chi connectivity index (χ1) is 14.2. The van der Waals surface area contributed by atoms with E-state index in [4.69, 9.17) is 58.6 Å². The van der Waals surface area contributed by atoms with Gasteiger partial charge in [-0.25, -0.2) is 4.79 Å². The van der Waals surface area contributed by atoms with E-state index in [0.29, 0.717) is 54.5 Å². The summed E-state index contributed by atoms with van der Waals surface area (Å²) in [6.45, 7) is 4.07. The lowest BCUT2D eigenvalue weighted by molar-refractivity contribution is -0.124. The maximum atomic E-state index is 13.4. The molecule has 3 amide bonds. The van der Waals surface area contributed by atoms with Crippen molar-refractivity contribution in [3.8, 4) is 11.1 Å². The van der Waals surface area contributed by atoms with Crippen molar-refractivity contribution in [1.82, 2.24) is 9.80 Å². The van der Waals surface area contributed by atoms with Gasteiger partial charge in [-0.3, -0.25) is 14.6 Å². The molecule has 2 aliphatic rings. The molecule has 0 saturated carbocycles. The largest absolute Gasteiger partial charge is 0.332 e. The molecule has 1 heterocycles. The van der Waals surface area contributed by atoms with Gasteiger partial charge in [-0.2, -0.15) is 0 Å². The SMILES string of the molecule is CCN1C(=O)C(=C2c3cc(Cl)cc(Cl)c3-c3c(Cl)cc(Cl)cc32)C(=S)N(CC)C1=O. The summed E-state index contributed by atoms with van der Waals surface area (Å²) >= 11 is 31.3. The number of rotatable bonds is 2. The number of fused-ring (bicyclic) bond motifs is 3. The van der Waals surface area contributed by atoms with Crippen LogP contribution < -0.4 is 0 Å². The Balaban J connectivity index is 2.15. The molecule has 0 spiro atoms. The van der Waals surface area contributed by atoms with Crippen molar-refractivity contribution in [1.29, 1.82) is 0 Å². The molecule has 2 aromatic rings. The highest BCUT2D eigenvalue weighted by Gasteiger charge is 2.42. The van der Waals surface area contributed by atoms with Crippen LogP contribution >= 0.6 is 58.6 Å². The van der Waals surface area contributed by atoms with Crippen molar-refractivity contribution in [3.63, 3.8) is 0 Å². The molecule has 9 heteroatoms. The molecule has 0 aromatic heterocycles. The summed E-state index contributed by atoms with van der Waals surface area (Å²) in [6, 6.07) is 6.23. The van der Waals surface area contributed by atoms with Crippen LogP contribution in [0.4, 0.5) is 4.79 Å². The zero-order valence-corrected chi connectivity index (χ0v) is 19.7. The number of imide groups is 1. The fourth-order valence-electron chi connectivity index (χ4n) is 3.92. The van der Waals surface area contributed by atoms with Gasteiger partial charge in [0.25, 0.3) is 5.91 Å². The maximum Gasteiger partial charge on any atom is 0.332 e. The van der Waals surface area contributed by atoms with Gasteiger partial charge in [0, 0.05) is 39.8 Å². The van der Waals surface area contributed by atoms with Crippen LogP contribution in [0.5, 0.6) is 0 Å². The number of amides is 3. The molecule has 30 heavy (non-hydrogen) atoms. The lowest BCUT2D eigenvalue weighted by atomic mass is 9.95. The summed E-state index contributed by atoms with van der Waals surface area (Å²) in [5.41, 5.74) is 3.30. The number of hydrogen-bond acceptors (Lipinski definition) is 3. The predicted octanol–water partition coefficient (Wildman–Crippen LogP) is 6.71. The molecule has 0 atom stereocenters. The molecule has 0 unspecified atom stereocenters. The van der Waals surface area contributed by atoms with Gasteiger partial charge in [-0.15, -0.1) is 0 Å². The van der Waals surface area contributed by atoms with Gasteiger partial charge in [0.1, 0.15) is 4.99 Å². The van der Waals surface area contributed by atoms with Crippen LogP contribution in [0, 0.1) is 0 Å². The molecule has 154 valence electrons. The minimum Gasteiger partial charge on any atom is -0.284 e. The standard InChI is InChI=1S/C21H14Cl4N2O2S/c1-3-26-19(28)18(20(30)27(4-2)21(26)29)15-11-5-9(22)7-13(24)16(11)17-12(15)6-10(23)8-14(17)25/h5-8H,3-4H2,1-2H3. The Kier molecular flexibility index (Phi) is 5.62. The molecule has 4 nitrogen and oxygen atoms in total. The quantitative estimate of drug-likeness (QED) is 0.290. The Bertz CT molecular complexity index is 1100. The van der Waals surface area contributed by atoms with Gasteiger partial charge in [0.15, 0.2) is 0 Å². The molecule has 0 bridgehead atoms. The third-order valence-corrected chi connectivity index (χ3v) is 6.62. The highest BCUT2D eigenvalue weighted by atomic mass is 35.5. The average molecular weight is 500 g/mol. The van der Waals surface area contributed by atoms with E-state index in [1.165, 1.54) is 4.90 Å². The molecular weight excluding hydrogens is 486 g/mol. The number of thiocarbonyl (C=S) groups is 1. The number of urea groups is 1. The number of benzene rings is 2. The van der Waals surface area contributed by atoms with Gasteiger partial charge in [-0.1, -0.05) is 58.6 Å². The number of carbonyl (C=O) groups excluding carboxylic acids is 2. The smallest absolute Gasteiger partial charge is 0.284 e. The zero-order valence-electron chi connectivity index (χ0n) is 15.9. The van der Waals surface area contributed by atoms with Crippen molar-refractivity contribution in [3.05, 3.63) is 61.1 Å². The second-order valence-corrected chi connectivity index (χ2v) is 8.83. The summed E-state index contributed by atoms with van der Waals surface area (Å²) in [5, 5.41) is 1.58. The second kappa shape index (κ2) is 7.81. The average Bonchev–Trinajstić information content (AvgIpc) is 2.97. The van der Waals surface area contributed by atoms with E-state index in [1.54, 1.807) is 38.1 Å². The number of carbonyl (C=O) groups is 2. The number of hydrogen-bond donors (Lipinski definition) is 0. The first-order valence-corrected chi connectivity index (χ1v) is 11.0. The van der Waals surface area contributed by atoms with Gasteiger partial charge >= 0.3 is 6.03 Å². The maximum absolute atomic E-state index is 13.4. The Morgan fingerprint density at radius 1 is 0.767 bits per heavy atom. The molecule has 1 aliphatic carbocycles. The van der Waals surface area contributed by atoms with Crippen molar-refractivity contribution in [2.75, 3.05) is 13.1 Å². The van der Waals surface area contributed by atoms with E-state index in [2.05, 4.69) is 0 Å². The van der Waals surface area contributed by atoms with Crippen LogP contribution in [-0.4, -0.2) is 39.8 Å². The third kappa shape index (κ3) is 3.07. The highest BCUT2D eigenvalue weighted by molar-refractivity contribution is 7.81. The van der Waals surface area contributed by atoms with Crippen molar-refractivity contribution < 1.29 is 9.59 Å². The van der Waals surface area contributed by atoms with Gasteiger partial charge in [0.2, 0.25) is 0 Å². The lowest BCUT2D eigenvalue weighted by Gasteiger charge is -2.35. The first kappa shape index (κ1) is 21.6. The van der Waals surface area contributed by atoms with E-state index >= 15 is 0 Å². The molecule has 0 N–H and O–H groups in total. The highest BCUT2D eigenvalue weighted by Crippen LogP contribution is 2.53. The summed E-state index contributed by atoms with van der Waals surface area (Å²) in [7, 11) is 0. The molecule has 2 aromatic carbocycles. The summed E-state index contributed by atoms with van der Waals surface area (Å²) in [4.78, 5) is 28.8. The number of halogens is 4. The van der Waals surface area contributed by atoms with E-state index in [9.17, 15) is 9.59 Å². The van der Waals surface area contributed by atoms with Crippen LogP contribution in [0.2, 0.25) is 20.1 Å². The van der Waals surface area contributed by atoms with Gasteiger partial charge in [-0.05, 0) is 49.2 Å². The lowest BCUT2D eigenvalue weighted by Crippen LogP contribution is -2.55. The predicted molar refractivity (Wildman–Crippen MR) is 126 cm³/mol. The number of nitrogens with zero attached hydrogens (tertiary/aromatic N) is 2. The Labute approximate surface area is 198 Å². The van der Waals surface area contributed by atoms with Crippen LogP contribution in [-0.2, 0) is 4.79 Å². The second-order valence-electron chi connectivity index (χ2n) is 6.75. The summed E-state index contributed by atoms with van der Waals surface area (Å²) < 4.78 is 0. The van der Waals surface area contributed by atoms with Gasteiger partial charge < -0.3 is 0 Å². The third-order valence-electron chi connectivity index (χ3n) is 5.16. The van der Waals surface area contributed by atoms with Gasteiger partial charge in [0.05, 0.1) is 15.6 Å². The van der Waals surface area contributed by atoms with Crippen LogP contribution in [0.3, 0.4) is 0 Å². The summed E-state index contributed by atoms with van der Waals surface area (Å²) in [5.74, 6) is -0.474. The summed E-state index contributed by atoms with van der Waals surface area (Å²) in [6.07, 6.45) is 0. The molecule has 1 aliphatic heterocycles. The van der Waals surface area contributed by atoms with E-state index in [-0.39, 0.29) is 17.1 Å². The van der Waals surface area contributed by atoms with Crippen LogP contribution in [0.15, 0.2) is 29.8 Å². The van der Waals surface area contributed by atoms with Crippen molar-refractivity contribution in [2.24, 2.45) is 0 Å². The fraction of sp³-hybridized carbons (Fsp3) is 0.190. The molecule has 1 saturated heterocycles. The number of likely N-dealkylation sites (N-methyl/N-ethyl adjacent to an activating group) is 2. The van der Waals surface area contributed by atoms with Crippen molar-refractivity contribution >= 4 is 81.1 Å². The monoisotopic (exact) mass is 498 g/mol.